The van der Waals surface area contributed by atoms with Gasteiger partial charge in [-0.05, 0) is 29.8 Å². The molecule has 0 unspecified atom stereocenters. The van der Waals surface area contributed by atoms with Crippen LogP contribution in [0.4, 0.5) is 0 Å². The van der Waals surface area contributed by atoms with Gasteiger partial charge in [-0.2, -0.15) is 5.10 Å². The number of fused-ring (bicyclic) bond motifs is 1. The van der Waals surface area contributed by atoms with Gasteiger partial charge >= 0.3 is 0 Å². The van der Waals surface area contributed by atoms with Gasteiger partial charge in [0.2, 0.25) is 0 Å². The number of aromatic amines is 1. The molecule has 3 N–H and O–H groups in total. The normalized spacial score (nSPS) is 15.3. The molecule has 1 aliphatic heterocycles. The second kappa shape index (κ2) is 8.70. The topological polar surface area (TPSA) is 79.5 Å². The van der Waals surface area contributed by atoms with Gasteiger partial charge in [-0.1, -0.05) is 36.4 Å². The van der Waals surface area contributed by atoms with E-state index in [2.05, 4.69) is 27.2 Å². The lowest BCUT2D eigenvalue weighted by atomic mass is 10.2. The first-order valence-electron chi connectivity index (χ1n) is 8.68. The summed E-state index contributed by atoms with van der Waals surface area (Å²) >= 11 is 0. The van der Waals surface area contributed by atoms with Crippen molar-refractivity contribution in [3.8, 4) is 0 Å². The Bertz CT molecular complexity index is 945. The van der Waals surface area contributed by atoms with E-state index in [0.29, 0.717) is 19.0 Å². The molecule has 1 aliphatic rings. The largest absolute Gasteiger partial charge is 0.382 e. The van der Waals surface area contributed by atoms with Crippen LogP contribution in [0.1, 0.15) is 17.0 Å². The van der Waals surface area contributed by atoms with Crippen molar-refractivity contribution in [1.82, 2.24) is 15.0 Å². The summed E-state index contributed by atoms with van der Waals surface area (Å²) in [5, 5.41) is 6.44. The first-order chi connectivity index (χ1) is 12.8. The molecular weight excluding hydrogens is 362 g/mol. The molecule has 1 saturated heterocycles. The number of rotatable bonds is 4. The van der Waals surface area contributed by atoms with E-state index >= 15 is 0 Å². The van der Waals surface area contributed by atoms with Gasteiger partial charge in [0.05, 0.1) is 37.3 Å². The van der Waals surface area contributed by atoms with Crippen LogP contribution < -0.4 is 5.73 Å². The molecule has 140 valence electrons. The smallest absolute Gasteiger partial charge is 0.150 e. The standard InChI is InChI=1S/C20H21N5O.ClH/c21-20(24-25-10-12-26-13-11-25)16-7-8-17-18(14-16)23-19(22-17)9-6-15-4-2-1-3-5-15;/h1-9,14H,10-13H2,(H2,21,24)(H,22,23);1H/b9-6+;. The molecule has 6 nitrogen and oxygen atoms in total. The summed E-state index contributed by atoms with van der Waals surface area (Å²) in [7, 11) is 0. The van der Waals surface area contributed by atoms with Crippen LogP contribution >= 0.6 is 12.4 Å². The maximum absolute atomic E-state index is 6.18. The van der Waals surface area contributed by atoms with E-state index in [9.17, 15) is 0 Å². The average molecular weight is 384 g/mol. The summed E-state index contributed by atoms with van der Waals surface area (Å²) < 4.78 is 5.33. The number of morpholine rings is 1. The lowest BCUT2D eigenvalue weighted by Gasteiger charge is -2.24. The number of imidazole rings is 1. The van der Waals surface area contributed by atoms with Gasteiger partial charge in [-0.25, -0.2) is 4.98 Å². The van der Waals surface area contributed by atoms with Crippen molar-refractivity contribution in [3.63, 3.8) is 0 Å². The van der Waals surface area contributed by atoms with Gasteiger partial charge in [0, 0.05) is 5.56 Å². The minimum Gasteiger partial charge on any atom is -0.382 e. The maximum Gasteiger partial charge on any atom is 0.150 e. The van der Waals surface area contributed by atoms with Crippen LogP contribution in [-0.2, 0) is 4.74 Å². The number of benzene rings is 2. The van der Waals surface area contributed by atoms with Gasteiger partial charge in [-0.15, -0.1) is 12.4 Å². The third kappa shape index (κ3) is 4.67. The molecule has 0 spiro atoms. The van der Waals surface area contributed by atoms with Crippen molar-refractivity contribution in [2.45, 2.75) is 0 Å². The molecule has 0 saturated carbocycles. The van der Waals surface area contributed by atoms with Crippen molar-refractivity contribution in [1.29, 1.82) is 0 Å². The minimum atomic E-state index is 0. The fraction of sp³-hybridized carbons (Fsp3) is 0.200. The molecular formula is C20H22ClN5O. The van der Waals surface area contributed by atoms with Crippen LogP contribution in [0.25, 0.3) is 23.2 Å². The van der Waals surface area contributed by atoms with E-state index in [1.165, 1.54) is 0 Å². The van der Waals surface area contributed by atoms with Crippen molar-refractivity contribution < 1.29 is 4.74 Å². The maximum atomic E-state index is 6.18. The van der Waals surface area contributed by atoms with Crippen LogP contribution in [-0.4, -0.2) is 47.1 Å². The highest BCUT2D eigenvalue weighted by molar-refractivity contribution is 6.00. The molecule has 2 heterocycles. The van der Waals surface area contributed by atoms with Crippen molar-refractivity contribution in [3.05, 3.63) is 65.5 Å². The van der Waals surface area contributed by atoms with Crippen LogP contribution in [0.15, 0.2) is 53.6 Å². The van der Waals surface area contributed by atoms with Crippen LogP contribution in [0.2, 0.25) is 0 Å². The Morgan fingerprint density at radius 2 is 1.89 bits per heavy atom. The summed E-state index contributed by atoms with van der Waals surface area (Å²) in [4.78, 5) is 7.92. The molecule has 0 bridgehead atoms. The number of hydrogen-bond donors (Lipinski definition) is 2. The summed E-state index contributed by atoms with van der Waals surface area (Å²) in [6.45, 7) is 2.91. The Labute approximate surface area is 164 Å². The number of hydrazone groups is 1. The van der Waals surface area contributed by atoms with Crippen LogP contribution in [0.5, 0.6) is 0 Å². The Morgan fingerprint density at radius 3 is 2.67 bits per heavy atom. The number of nitrogens with two attached hydrogens (primary N) is 1. The molecule has 4 rings (SSSR count). The molecule has 2 aromatic carbocycles. The van der Waals surface area contributed by atoms with Gasteiger partial charge in [0.15, 0.2) is 5.84 Å². The molecule has 3 aromatic rings. The van der Waals surface area contributed by atoms with Crippen LogP contribution in [0.3, 0.4) is 0 Å². The molecule has 0 radical (unpaired) electrons. The number of nitrogens with one attached hydrogen (secondary N) is 1. The van der Waals surface area contributed by atoms with E-state index in [1.807, 2.05) is 53.6 Å². The van der Waals surface area contributed by atoms with Crippen molar-refractivity contribution >= 4 is 41.4 Å². The second-order valence-electron chi connectivity index (χ2n) is 6.15. The molecule has 1 aromatic heterocycles. The number of H-pyrrole nitrogens is 1. The Hall–Kier alpha value is -2.83. The number of amidine groups is 1. The first kappa shape index (κ1) is 18.9. The number of ether oxygens (including phenoxy) is 1. The fourth-order valence-electron chi connectivity index (χ4n) is 2.87. The zero-order valence-corrected chi connectivity index (χ0v) is 15.7. The third-order valence-electron chi connectivity index (χ3n) is 4.27. The number of nitrogens with zero attached hydrogens (tertiary/aromatic N) is 3. The average Bonchev–Trinajstić information content (AvgIpc) is 3.10. The van der Waals surface area contributed by atoms with Gasteiger partial charge in [-0.3, -0.25) is 5.01 Å². The van der Waals surface area contributed by atoms with Gasteiger partial charge in [0.1, 0.15) is 5.82 Å². The number of aromatic nitrogens is 2. The zero-order valence-electron chi connectivity index (χ0n) is 14.8. The number of hydrogen-bond acceptors (Lipinski definition) is 4. The Balaban J connectivity index is 0.00000210. The van der Waals surface area contributed by atoms with Crippen molar-refractivity contribution in [2.75, 3.05) is 26.3 Å². The van der Waals surface area contributed by atoms with Crippen molar-refractivity contribution in [2.24, 2.45) is 10.8 Å². The van der Waals surface area contributed by atoms with E-state index in [1.54, 1.807) is 0 Å². The molecule has 0 atom stereocenters. The lowest BCUT2D eigenvalue weighted by molar-refractivity contribution is 0.0393. The molecule has 1 fully saturated rings. The predicted octanol–water partition coefficient (Wildman–Crippen LogP) is 3.11. The Morgan fingerprint density at radius 1 is 1.11 bits per heavy atom. The van der Waals surface area contributed by atoms with Gasteiger partial charge < -0.3 is 15.5 Å². The summed E-state index contributed by atoms with van der Waals surface area (Å²) in [5.41, 5.74) is 10.0. The Kier molecular flexibility index (Phi) is 6.11. The third-order valence-corrected chi connectivity index (χ3v) is 4.27. The van der Waals surface area contributed by atoms with Gasteiger partial charge in [0.25, 0.3) is 0 Å². The summed E-state index contributed by atoms with van der Waals surface area (Å²) in [6, 6.07) is 16.0. The number of halogens is 1. The van der Waals surface area contributed by atoms with E-state index in [4.69, 9.17) is 10.5 Å². The lowest BCUT2D eigenvalue weighted by Crippen LogP contribution is -2.34. The minimum absolute atomic E-state index is 0. The quantitative estimate of drug-likeness (QED) is 0.536. The van der Waals surface area contributed by atoms with E-state index in [0.717, 1.165) is 41.1 Å². The monoisotopic (exact) mass is 383 g/mol. The highest BCUT2D eigenvalue weighted by atomic mass is 35.5. The summed E-state index contributed by atoms with van der Waals surface area (Å²) in [5.74, 6) is 1.31. The second-order valence-corrected chi connectivity index (χ2v) is 6.15. The highest BCUT2D eigenvalue weighted by Gasteiger charge is 2.10. The molecule has 0 amide bonds. The molecule has 7 heteroatoms. The predicted molar refractivity (Wildman–Crippen MR) is 112 cm³/mol. The van der Waals surface area contributed by atoms with Crippen LogP contribution in [0, 0.1) is 0 Å². The summed E-state index contributed by atoms with van der Waals surface area (Å²) in [6.07, 6.45) is 4.01. The molecule has 27 heavy (non-hydrogen) atoms. The molecule has 0 aliphatic carbocycles. The highest BCUT2D eigenvalue weighted by Crippen LogP contribution is 2.16. The fourth-order valence-corrected chi connectivity index (χ4v) is 2.87. The first-order valence-corrected chi connectivity index (χ1v) is 8.68. The SMILES string of the molecule is Cl.N/C(=N/N1CCOCC1)c1ccc2nc(/C=C/c3ccccc3)[nH]c2c1. The zero-order chi connectivity index (χ0) is 17.8. The van der Waals surface area contributed by atoms with E-state index < -0.39 is 0 Å². The van der Waals surface area contributed by atoms with E-state index in [-0.39, 0.29) is 12.4 Å².